The molecule has 0 radical (unpaired) electrons. The van der Waals surface area contributed by atoms with Crippen LogP contribution in [0.3, 0.4) is 0 Å². The Labute approximate surface area is 164 Å². The third kappa shape index (κ3) is 4.16. The van der Waals surface area contributed by atoms with Crippen molar-refractivity contribution in [2.45, 2.75) is 39.3 Å². The molecule has 1 spiro atoms. The molecule has 0 saturated carbocycles. The summed E-state index contributed by atoms with van der Waals surface area (Å²) in [4.78, 5) is 8.64. The van der Waals surface area contributed by atoms with Crippen LogP contribution in [0.1, 0.15) is 35.8 Å². The van der Waals surface area contributed by atoms with Crippen molar-refractivity contribution >= 4 is 17.3 Å². The number of rotatable bonds is 4. The molecule has 4 rings (SSSR count). The summed E-state index contributed by atoms with van der Waals surface area (Å²) in [7, 11) is 1.99. The number of ether oxygens (including phenoxy) is 1. The second kappa shape index (κ2) is 7.98. The molecule has 0 aromatic carbocycles. The first kappa shape index (κ1) is 18.4. The number of likely N-dealkylation sites (tertiary alicyclic amines) is 1. The Morgan fingerprint density at radius 2 is 2.19 bits per heavy atom. The maximum absolute atomic E-state index is 5.59. The van der Waals surface area contributed by atoms with Crippen LogP contribution in [-0.2, 0) is 24.9 Å². The summed E-state index contributed by atoms with van der Waals surface area (Å²) in [6.07, 6.45) is 3.54. The zero-order chi connectivity index (χ0) is 18.7. The van der Waals surface area contributed by atoms with Gasteiger partial charge in [-0.05, 0) is 43.0 Å². The van der Waals surface area contributed by atoms with E-state index in [4.69, 9.17) is 9.73 Å². The topological polar surface area (TPSA) is 67.6 Å². The number of hydrogen-bond donors (Lipinski definition) is 1. The van der Waals surface area contributed by atoms with Crippen molar-refractivity contribution in [3.05, 3.63) is 34.0 Å². The number of aliphatic imine (C=N–C) groups is 1. The normalized spacial score (nSPS) is 19.8. The summed E-state index contributed by atoms with van der Waals surface area (Å²) in [6, 6.07) is 4.25. The van der Waals surface area contributed by atoms with Gasteiger partial charge in [0.15, 0.2) is 11.8 Å². The lowest BCUT2D eigenvalue weighted by atomic mass is 9.80. The highest BCUT2D eigenvalue weighted by molar-refractivity contribution is 7.09. The Hall–Kier alpha value is -1.93. The molecule has 7 nitrogen and oxygen atoms in total. The predicted molar refractivity (Wildman–Crippen MR) is 107 cm³/mol. The Bertz CT molecular complexity index is 778. The number of hydrogen-bond acceptors (Lipinski definition) is 5. The molecule has 2 aliphatic heterocycles. The third-order valence-electron chi connectivity index (χ3n) is 5.85. The van der Waals surface area contributed by atoms with Crippen LogP contribution in [0, 0.1) is 12.3 Å². The van der Waals surface area contributed by atoms with Gasteiger partial charge in [0.2, 0.25) is 0 Å². The molecule has 146 valence electrons. The Morgan fingerprint density at radius 1 is 1.33 bits per heavy atom. The van der Waals surface area contributed by atoms with Gasteiger partial charge in [0, 0.05) is 38.2 Å². The van der Waals surface area contributed by atoms with E-state index in [9.17, 15) is 0 Å². The maximum atomic E-state index is 5.59. The molecule has 2 aromatic rings. The number of guanidine groups is 1. The summed E-state index contributed by atoms with van der Waals surface area (Å²) in [5.74, 6) is 2.78. The van der Waals surface area contributed by atoms with Gasteiger partial charge in [-0.25, -0.2) is 4.99 Å². The van der Waals surface area contributed by atoms with Crippen LogP contribution in [0.2, 0.25) is 0 Å². The molecule has 2 aromatic heterocycles. The van der Waals surface area contributed by atoms with Crippen LogP contribution in [0.25, 0.3) is 0 Å². The number of thiophene rings is 1. The minimum Gasteiger partial charge on any atom is -0.381 e. The summed E-state index contributed by atoms with van der Waals surface area (Å²) in [5, 5.41) is 14.1. The zero-order valence-electron chi connectivity index (χ0n) is 16.1. The van der Waals surface area contributed by atoms with Crippen molar-refractivity contribution in [3.8, 4) is 0 Å². The molecule has 0 unspecified atom stereocenters. The van der Waals surface area contributed by atoms with E-state index in [1.807, 2.05) is 18.5 Å². The molecule has 2 aliphatic rings. The fourth-order valence-electron chi connectivity index (χ4n) is 3.91. The molecule has 4 heterocycles. The van der Waals surface area contributed by atoms with Gasteiger partial charge in [0.25, 0.3) is 0 Å². The van der Waals surface area contributed by atoms with Crippen LogP contribution in [0.4, 0.5) is 0 Å². The summed E-state index contributed by atoms with van der Waals surface area (Å²) in [5.41, 5.74) is 0.394. The highest BCUT2D eigenvalue weighted by Gasteiger charge is 2.40. The molecule has 0 bridgehead atoms. The van der Waals surface area contributed by atoms with Crippen LogP contribution in [-0.4, -0.2) is 51.9 Å². The van der Waals surface area contributed by atoms with E-state index in [0.717, 1.165) is 63.3 Å². The quantitative estimate of drug-likeness (QED) is 0.643. The lowest BCUT2D eigenvalue weighted by Gasteiger charge is -2.33. The van der Waals surface area contributed by atoms with Crippen molar-refractivity contribution in [1.82, 2.24) is 25.0 Å². The molecule has 2 fully saturated rings. The van der Waals surface area contributed by atoms with E-state index in [-0.39, 0.29) is 0 Å². The second-order valence-electron chi connectivity index (χ2n) is 7.58. The minimum atomic E-state index is 0.394. The van der Waals surface area contributed by atoms with E-state index < -0.39 is 0 Å². The lowest BCUT2D eigenvalue weighted by Crippen LogP contribution is -2.42. The highest BCUT2D eigenvalue weighted by atomic mass is 32.1. The minimum absolute atomic E-state index is 0.394. The number of nitrogens with one attached hydrogen (secondary N) is 1. The van der Waals surface area contributed by atoms with Crippen molar-refractivity contribution in [1.29, 1.82) is 0 Å². The van der Waals surface area contributed by atoms with Gasteiger partial charge in [0.05, 0.1) is 6.54 Å². The van der Waals surface area contributed by atoms with Gasteiger partial charge >= 0.3 is 0 Å². The Morgan fingerprint density at radius 3 is 2.89 bits per heavy atom. The summed E-state index contributed by atoms with van der Waals surface area (Å²) >= 11 is 1.77. The standard InChI is InChI=1S/C19H28N6OS/c1-15-22-23-17(24(15)2)13-21-18(20-12-16-4-3-11-27-16)25-8-5-19(14-25)6-9-26-10-7-19/h3-4,11H,5-10,12-14H2,1-2H3,(H,20,21). The monoisotopic (exact) mass is 388 g/mol. The lowest BCUT2D eigenvalue weighted by molar-refractivity contribution is 0.0217. The van der Waals surface area contributed by atoms with Gasteiger partial charge in [-0.1, -0.05) is 6.07 Å². The van der Waals surface area contributed by atoms with Crippen molar-refractivity contribution in [2.24, 2.45) is 17.5 Å². The van der Waals surface area contributed by atoms with Crippen molar-refractivity contribution < 1.29 is 4.74 Å². The molecule has 8 heteroatoms. The van der Waals surface area contributed by atoms with Crippen LogP contribution < -0.4 is 5.32 Å². The van der Waals surface area contributed by atoms with E-state index in [1.165, 1.54) is 11.3 Å². The van der Waals surface area contributed by atoms with Gasteiger partial charge in [0.1, 0.15) is 12.4 Å². The Kier molecular flexibility index (Phi) is 5.45. The zero-order valence-corrected chi connectivity index (χ0v) is 17.0. The summed E-state index contributed by atoms with van der Waals surface area (Å²) < 4.78 is 7.59. The van der Waals surface area contributed by atoms with Gasteiger partial charge in [-0.2, -0.15) is 0 Å². The predicted octanol–water partition coefficient (Wildman–Crippen LogP) is 2.33. The van der Waals surface area contributed by atoms with E-state index in [2.05, 4.69) is 37.9 Å². The van der Waals surface area contributed by atoms with Crippen LogP contribution in [0.15, 0.2) is 22.5 Å². The first-order chi connectivity index (χ1) is 13.2. The molecular formula is C19H28N6OS. The smallest absolute Gasteiger partial charge is 0.194 e. The van der Waals surface area contributed by atoms with E-state index in [1.54, 1.807) is 11.3 Å². The second-order valence-corrected chi connectivity index (χ2v) is 8.61. The third-order valence-corrected chi connectivity index (χ3v) is 6.72. The van der Waals surface area contributed by atoms with Crippen molar-refractivity contribution in [3.63, 3.8) is 0 Å². The number of nitrogens with zero attached hydrogens (tertiary/aromatic N) is 5. The highest BCUT2D eigenvalue weighted by Crippen LogP contribution is 2.39. The first-order valence-electron chi connectivity index (χ1n) is 9.63. The molecule has 0 atom stereocenters. The van der Waals surface area contributed by atoms with Gasteiger partial charge < -0.3 is 19.5 Å². The van der Waals surface area contributed by atoms with Gasteiger partial charge in [-0.15, -0.1) is 21.5 Å². The fourth-order valence-corrected chi connectivity index (χ4v) is 4.55. The maximum Gasteiger partial charge on any atom is 0.194 e. The molecule has 0 aliphatic carbocycles. The number of aryl methyl sites for hydroxylation is 1. The fraction of sp³-hybridized carbons (Fsp3) is 0.632. The first-order valence-corrected chi connectivity index (χ1v) is 10.5. The van der Waals surface area contributed by atoms with E-state index >= 15 is 0 Å². The molecular weight excluding hydrogens is 360 g/mol. The van der Waals surface area contributed by atoms with Crippen molar-refractivity contribution in [2.75, 3.05) is 26.3 Å². The molecule has 27 heavy (non-hydrogen) atoms. The molecule has 2 saturated heterocycles. The van der Waals surface area contributed by atoms with Crippen LogP contribution >= 0.6 is 11.3 Å². The molecule has 0 amide bonds. The average molecular weight is 389 g/mol. The number of aromatic nitrogens is 3. The SMILES string of the molecule is Cc1nnc(CN=C(NCc2cccs2)N2CCC3(CCOCC3)C2)n1C. The molecule has 1 N–H and O–H groups in total. The van der Waals surface area contributed by atoms with Gasteiger partial charge in [-0.3, -0.25) is 0 Å². The largest absolute Gasteiger partial charge is 0.381 e. The van der Waals surface area contributed by atoms with Crippen LogP contribution in [0.5, 0.6) is 0 Å². The van der Waals surface area contributed by atoms with E-state index in [0.29, 0.717) is 12.0 Å². The Balaban J connectivity index is 1.48. The average Bonchev–Trinajstić information content (AvgIpc) is 3.40. The summed E-state index contributed by atoms with van der Waals surface area (Å²) in [6.45, 7) is 7.20.